The molecule has 1 amide bonds. The van der Waals surface area contributed by atoms with Gasteiger partial charge >= 0.3 is 0 Å². The maximum Gasteiger partial charge on any atom is 0.247 e. The van der Waals surface area contributed by atoms with Gasteiger partial charge < -0.3 is 14.0 Å². The van der Waals surface area contributed by atoms with Crippen molar-refractivity contribution < 1.29 is 27.2 Å². The predicted molar refractivity (Wildman–Crippen MR) is 101 cm³/mol. The van der Waals surface area contributed by atoms with Crippen LogP contribution in [0.5, 0.6) is 0 Å². The van der Waals surface area contributed by atoms with E-state index in [-0.39, 0.29) is 23.0 Å². The Morgan fingerprint density at radius 3 is 2.67 bits per heavy atom. The van der Waals surface area contributed by atoms with Crippen LogP contribution in [0.3, 0.4) is 0 Å². The summed E-state index contributed by atoms with van der Waals surface area (Å²) in [4.78, 5) is 12.7. The summed E-state index contributed by atoms with van der Waals surface area (Å²) in [5, 5.41) is 6.56. The lowest BCUT2D eigenvalue weighted by Gasteiger charge is -2.24. The molecule has 9 heteroatoms. The molecule has 1 aliphatic rings. The van der Waals surface area contributed by atoms with Crippen molar-refractivity contribution in [1.29, 1.82) is 0 Å². The van der Waals surface area contributed by atoms with Crippen LogP contribution >= 0.6 is 0 Å². The first-order valence-corrected chi connectivity index (χ1v) is 10.7. The largest absolute Gasteiger partial charge is 0.385 e. The second-order valence-corrected chi connectivity index (χ2v) is 10.8. The number of carbonyl (C=O) groups excluding carboxylic acids is 1. The number of carbonyl (C=O) groups is 1. The van der Waals surface area contributed by atoms with Crippen LogP contribution in [0.4, 0.5) is 5.88 Å². The van der Waals surface area contributed by atoms with Crippen molar-refractivity contribution in [2.45, 2.75) is 50.7 Å². The maximum atomic E-state index is 12.7. The Bertz CT molecular complexity index is 748. The van der Waals surface area contributed by atoms with Crippen molar-refractivity contribution >= 4 is 21.6 Å². The lowest BCUT2D eigenvalue weighted by atomic mass is 9.86. The topological polar surface area (TPSA) is 108 Å². The van der Waals surface area contributed by atoms with E-state index in [1.165, 1.54) is 13.8 Å². The smallest absolute Gasteiger partial charge is 0.247 e. The number of rotatable bonds is 9. The molecule has 1 N–H and O–H groups in total. The lowest BCUT2D eigenvalue weighted by Crippen LogP contribution is -2.46. The number of nitrogens with one attached hydrogen (secondary N) is 1. The average Bonchev–Trinajstić information content (AvgIpc) is 3.24. The van der Waals surface area contributed by atoms with Crippen LogP contribution in [-0.2, 0) is 29.5 Å². The third kappa shape index (κ3) is 5.08. The van der Waals surface area contributed by atoms with Crippen LogP contribution in [-0.4, -0.2) is 56.9 Å². The molecular weight excluding hydrogens is 372 g/mol. The summed E-state index contributed by atoms with van der Waals surface area (Å²) in [6.07, 6.45) is 1.42. The molecule has 154 valence electrons. The highest BCUT2D eigenvalue weighted by Crippen LogP contribution is 2.29. The van der Waals surface area contributed by atoms with Crippen LogP contribution in [0.1, 0.15) is 46.2 Å². The van der Waals surface area contributed by atoms with E-state index < -0.39 is 20.5 Å². The van der Waals surface area contributed by atoms with Gasteiger partial charge in [-0.15, -0.1) is 0 Å². The second-order valence-electron chi connectivity index (χ2n) is 8.18. The molecule has 0 radical (unpaired) electrons. The van der Waals surface area contributed by atoms with Crippen molar-refractivity contribution in [3.63, 3.8) is 0 Å². The maximum absolute atomic E-state index is 12.7. The van der Waals surface area contributed by atoms with Crippen molar-refractivity contribution in [2.24, 2.45) is 5.92 Å². The molecule has 1 saturated heterocycles. The van der Waals surface area contributed by atoms with Gasteiger partial charge in [0, 0.05) is 31.8 Å². The van der Waals surface area contributed by atoms with E-state index >= 15 is 0 Å². The van der Waals surface area contributed by atoms with Gasteiger partial charge in [0.15, 0.2) is 9.84 Å². The molecular formula is C18H30N2O6S. The monoisotopic (exact) mass is 402 g/mol. The second kappa shape index (κ2) is 8.28. The Labute approximate surface area is 160 Å². The minimum Gasteiger partial charge on any atom is -0.385 e. The summed E-state index contributed by atoms with van der Waals surface area (Å²) in [5.74, 6) is -0.647. The van der Waals surface area contributed by atoms with E-state index in [0.29, 0.717) is 31.9 Å². The molecule has 27 heavy (non-hydrogen) atoms. The molecule has 0 unspecified atom stereocenters. The van der Waals surface area contributed by atoms with Crippen molar-refractivity contribution in [2.75, 3.05) is 38.0 Å². The van der Waals surface area contributed by atoms with Gasteiger partial charge in [0.25, 0.3) is 0 Å². The number of amides is 1. The summed E-state index contributed by atoms with van der Waals surface area (Å²) in [6.45, 7) is 8.35. The zero-order valence-corrected chi connectivity index (χ0v) is 17.5. The van der Waals surface area contributed by atoms with E-state index in [2.05, 4.69) is 10.5 Å². The zero-order chi connectivity index (χ0) is 20.3. The van der Waals surface area contributed by atoms with E-state index in [1.54, 1.807) is 13.2 Å². The molecule has 8 nitrogen and oxygen atoms in total. The van der Waals surface area contributed by atoms with Gasteiger partial charge in [-0.2, -0.15) is 0 Å². The number of anilines is 1. The first-order valence-electron chi connectivity index (χ1n) is 9.07. The summed E-state index contributed by atoms with van der Waals surface area (Å²) in [7, 11) is -2.04. The highest BCUT2D eigenvalue weighted by atomic mass is 32.2. The van der Waals surface area contributed by atoms with E-state index in [4.69, 9.17) is 14.0 Å². The molecule has 2 rings (SSSR count). The number of methoxy groups -OCH3 is 1. The summed E-state index contributed by atoms with van der Waals surface area (Å²) < 4.78 is 39.4. The van der Waals surface area contributed by atoms with Crippen molar-refractivity contribution in [3.8, 4) is 0 Å². The normalized spacial score (nSPS) is 18.6. The third-order valence-electron chi connectivity index (χ3n) is 5.17. The number of hydrogen-bond donors (Lipinski definition) is 1. The Hall–Kier alpha value is -1.45. The van der Waals surface area contributed by atoms with Crippen molar-refractivity contribution in [3.05, 3.63) is 11.8 Å². The van der Waals surface area contributed by atoms with Gasteiger partial charge in [0.2, 0.25) is 11.8 Å². The van der Waals surface area contributed by atoms with Gasteiger partial charge in [0.1, 0.15) is 4.75 Å². The standard InChI is InChI=1S/C18H30N2O6S/c1-17(2,7-9-24-5)14-10-15(26-20-14)19-16(21)18(3,4)27(22,23)12-13-6-8-25-11-13/h10,13H,6-9,11-12H2,1-5H3,(H,19,21)/t13-/m1/s1. The zero-order valence-electron chi connectivity index (χ0n) is 16.7. The minimum atomic E-state index is -3.67. The molecule has 1 aromatic heterocycles. The molecule has 0 bridgehead atoms. The molecule has 0 saturated carbocycles. The molecule has 0 aromatic carbocycles. The minimum absolute atomic E-state index is 0.0689. The summed E-state index contributed by atoms with van der Waals surface area (Å²) in [6, 6.07) is 1.63. The Balaban J connectivity index is 2.07. The third-order valence-corrected chi connectivity index (χ3v) is 7.83. The molecule has 1 aliphatic heterocycles. The Morgan fingerprint density at radius 2 is 2.07 bits per heavy atom. The lowest BCUT2D eigenvalue weighted by molar-refractivity contribution is -0.118. The fraction of sp³-hybridized carbons (Fsp3) is 0.778. The predicted octanol–water partition coefficient (Wildman–Crippen LogP) is 2.16. The van der Waals surface area contributed by atoms with Crippen LogP contribution < -0.4 is 5.32 Å². The SMILES string of the molecule is COCCC(C)(C)c1cc(NC(=O)C(C)(C)S(=O)(=O)C[C@@H]2CCOC2)on1. The number of aromatic nitrogens is 1. The van der Waals surface area contributed by atoms with E-state index in [0.717, 1.165) is 6.42 Å². The van der Waals surface area contributed by atoms with Gasteiger partial charge in [-0.3, -0.25) is 10.1 Å². The Morgan fingerprint density at radius 1 is 1.37 bits per heavy atom. The van der Waals surface area contributed by atoms with Crippen LogP contribution in [0.25, 0.3) is 0 Å². The van der Waals surface area contributed by atoms with E-state index in [1.807, 2.05) is 13.8 Å². The van der Waals surface area contributed by atoms with Gasteiger partial charge in [0.05, 0.1) is 18.1 Å². The van der Waals surface area contributed by atoms with Crippen LogP contribution in [0, 0.1) is 5.92 Å². The molecule has 0 aliphatic carbocycles. The quantitative estimate of drug-likeness (QED) is 0.674. The van der Waals surface area contributed by atoms with E-state index in [9.17, 15) is 13.2 Å². The highest BCUT2D eigenvalue weighted by Gasteiger charge is 2.43. The molecule has 1 atom stereocenters. The Kier molecular flexibility index (Phi) is 6.70. The number of sulfone groups is 1. The van der Waals surface area contributed by atoms with Gasteiger partial charge in [-0.05, 0) is 32.6 Å². The van der Waals surface area contributed by atoms with Crippen LogP contribution in [0.2, 0.25) is 0 Å². The fourth-order valence-corrected chi connectivity index (χ4v) is 4.41. The molecule has 1 fully saturated rings. The number of ether oxygens (including phenoxy) is 2. The fourth-order valence-electron chi connectivity index (χ4n) is 2.78. The molecule has 1 aromatic rings. The van der Waals surface area contributed by atoms with Gasteiger partial charge in [-0.25, -0.2) is 8.42 Å². The van der Waals surface area contributed by atoms with Crippen LogP contribution in [0.15, 0.2) is 10.6 Å². The number of hydrogen-bond acceptors (Lipinski definition) is 7. The molecule has 0 spiro atoms. The van der Waals surface area contributed by atoms with Crippen molar-refractivity contribution in [1.82, 2.24) is 5.16 Å². The first-order chi connectivity index (χ1) is 12.5. The average molecular weight is 403 g/mol. The first kappa shape index (κ1) is 21.8. The number of nitrogens with zero attached hydrogens (tertiary/aromatic N) is 1. The summed E-state index contributed by atoms with van der Waals surface area (Å²) >= 11 is 0. The van der Waals surface area contributed by atoms with Gasteiger partial charge in [-0.1, -0.05) is 19.0 Å². The highest BCUT2D eigenvalue weighted by molar-refractivity contribution is 7.93. The summed E-state index contributed by atoms with van der Waals surface area (Å²) in [5.41, 5.74) is 0.366. The molecule has 2 heterocycles.